The van der Waals surface area contributed by atoms with Crippen LogP contribution in [0.2, 0.25) is 0 Å². The number of hydrogen-bond acceptors (Lipinski definition) is 2. The molecule has 0 aromatic carbocycles. The van der Waals surface area contributed by atoms with Crippen LogP contribution in [0.5, 0.6) is 0 Å². The Hall–Kier alpha value is -0.380. The van der Waals surface area contributed by atoms with Gasteiger partial charge in [-0.25, -0.2) is 0 Å². The maximum atomic E-state index is 13.9. The monoisotopic (exact) mass is 452 g/mol. The molecule has 0 radical (unpaired) electrons. The highest BCUT2D eigenvalue weighted by Crippen LogP contribution is 2.68. The lowest BCUT2D eigenvalue weighted by Crippen LogP contribution is -2.61. The first-order valence-electron chi connectivity index (χ1n) is 11.6. The molecular formula is C24H37BrO3. The molecule has 4 heteroatoms. The molecule has 4 fully saturated rings. The van der Waals surface area contributed by atoms with E-state index in [1.54, 1.807) is 0 Å². The Morgan fingerprint density at radius 2 is 1.93 bits per heavy atom. The van der Waals surface area contributed by atoms with Crippen molar-refractivity contribution >= 4 is 27.7 Å². The lowest BCUT2D eigenvalue weighted by atomic mass is 9.44. The van der Waals surface area contributed by atoms with Crippen LogP contribution in [0.25, 0.3) is 0 Å². The Bertz CT molecular complexity index is 648. The van der Waals surface area contributed by atoms with Crippen LogP contribution in [0.1, 0.15) is 85.0 Å². The maximum Gasteiger partial charge on any atom is 0.303 e. The van der Waals surface area contributed by atoms with Crippen molar-refractivity contribution in [2.45, 2.75) is 89.8 Å². The minimum Gasteiger partial charge on any atom is -0.481 e. The molecule has 0 aromatic heterocycles. The molecule has 158 valence electrons. The summed E-state index contributed by atoms with van der Waals surface area (Å²) in [7, 11) is 0. The first kappa shape index (κ1) is 20.9. The second-order valence-corrected chi connectivity index (χ2v) is 12.0. The Kier molecular flexibility index (Phi) is 5.51. The average molecular weight is 453 g/mol. The fourth-order valence-corrected chi connectivity index (χ4v) is 10.0. The predicted molar refractivity (Wildman–Crippen MR) is 114 cm³/mol. The smallest absolute Gasteiger partial charge is 0.303 e. The van der Waals surface area contributed by atoms with Crippen LogP contribution in [0.3, 0.4) is 0 Å². The molecule has 28 heavy (non-hydrogen) atoms. The van der Waals surface area contributed by atoms with Crippen LogP contribution >= 0.6 is 15.9 Å². The molecule has 0 heterocycles. The van der Waals surface area contributed by atoms with Gasteiger partial charge >= 0.3 is 5.97 Å². The summed E-state index contributed by atoms with van der Waals surface area (Å²) in [6.07, 6.45) is 11.1. The molecule has 4 rings (SSSR count). The standard InChI is InChI=1S/C24H37BrO3/c1-14(7-12-19(26)27)17-10-11-18-16-9-8-15-6-4-5-13-23(15,2)20(16)21(25)22(28)24(17,18)3/h14-18,20-21H,4-13H2,1-3H3,(H,26,27)/t14-,15+,16+,17+,18-,20-,21+,23+,24+/m1/s1. The number of hydrogen-bond donors (Lipinski definition) is 1. The fraction of sp³-hybridized carbons (Fsp3) is 0.917. The van der Waals surface area contributed by atoms with Gasteiger partial charge in [0, 0.05) is 11.8 Å². The number of fused-ring (bicyclic) bond motifs is 5. The number of rotatable bonds is 4. The average Bonchev–Trinajstić information content (AvgIpc) is 3.01. The van der Waals surface area contributed by atoms with Gasteiger partial charge in [-0.05, 0) is 85.9 Å². The molecule has 0 spiro atoms. The number of alkyl halides is 1. The van der Waals surface area contributed by atoms with Gasteiger partial charge in [-0.15, -0.1) is 0 Å². The Labute approximate surface area is 178 Å². The van der Waals surface area contributed by atoms with Gasteiger partial charge in [0.15, 0.2) is 5.78 Å². The van der Waals surface area contributed by atoms with Crippen molar-refractivity contribution in [1.82, 2.24) is 0 Å². The number of aliphatic carboxylic acids is 1. The molecule has 4 aliphatic rings. The summed E-state index contributed by atoms with van der Waals surface area (Å²) in [5.74, 6) is 2.80. The van der Waals surface area contributed by atoms with Crippen LogP contribution in [0.15, 0.2) is 0 Å². The zero-order valence-electron chi connectivity index (χ0n) is 17.8. The van der Waals surface area contributed by atoms with Gasteiger partial charge in [-0.2, -0.15) is 0 Å². The summed E-state index contributed by atoms with van der Waals surface area (Å²) in [6.45, 7) is 6.93. The lowest BCUT2D eigenvalue weighted by Gasteiger charge is -2.61. The Morgan fingerprint density at radius 3 is 2.64 bits per heavy atom. The highest BCUT2D eigenvalue weighted by molar-refractivity contribution is 9.10. The fourth-order valence-electron chi connectivity index (χ4n) is 8.55. The maximum absolute atomic E-state index is 13.9. The zero-order valence-corrected chi connectivity index (χ0v) is 19.3. The largest absolute Gasteiger partial charge is 0.481 e. The molecule has 0 bridgehead atoms. The van der Waals surface area contributed by atoms with Crippen LogP contribution in [0.4, 0.5) is 0 Å². The van der Waals surface area contributed by atoms with Gasteiger partial charge in [-0.3, -0.25) is 9.59 Å². The molecule has 4 aliphatic carbocycles. The Balaban J connectivity index is 1.63. The lowest BCUT2D eigenvalue weighted by molar-refractivity contribution is -0.155. The third-order valence-corrected chi connectivity index (χ3v) is 11.0. The van der Waals surface area contributed by atoms with Gasteiger partial charge in [0.05, 0.1) is 4.83 Å². The van der Waals surface area contributed by atoms with Crippen molar-refractivity contribution in [3.8, 4) is 0 Å². The second kappa shape index (κ2) is 7.39. The molecule has 0 saturated heterocycles. The summed E-state index contributed by atoms with van der Waals surface area (Å²) >= 11 is 3.96. The summed E-state index contributed by atoms with van der Waals surface area (Å²) in [5, 5.41) is 9.11. The van der Waals surface area contributed by atoms with E-state index in [9.17, 15) is 9.59 Å². The van der Waals surface area contributed by atoms with Crippen molar-refractivity contribution in [1.29, 1.82) is 0 Å². The van der Waals surface area contributed by atoms with E-state index < -0.39 is 5.97 Å². The van der Waals surface area contributed by atoms with Crippen molar-refractivity contribution in [2.75, 3.05) is 0 Å². The topological polar surface area (TPSA) is 54.4 Å². The summed E-state index contributed by atoms with van der Waals surface area (Å²) in [4.78, 5) is 25.0. The normalized spacial score (nSPS) is 49.1. The van der Waals surface area contributed by atoms with Crippen LogP contribution in [0, 0.1) is 46.3 Å². The van der Waals surface area contributed by atoms with E-state index in [0.29, 0.717) is 47.2 Å². The summed E-state index contributed by atoms with van der Waals surface area (Å²) in [6, 6.07) is 0. The molecule has 3 nitrogen and oxygen atoms in total. The minimum absolute atomic E-state index is 0.0167. The number of Topliss-reactive ketones (excluding diaryl/α,β-unsaturated/α-hetero) is 1. The quantitative estimate of drug-likeness (QED) is 0.524. The molecule has 0 unspecified atom stereocenters. The van der Waals surface area contributed by atoms with E-state index in [2.05, 4.69) is 36.7 Å². The van der Waals surface area contributed by atoms with E-state index in [1.807, 2.05) is 0 Å². The van der Waals surface area contributed by atoms with Crippen molar-refractivity contribution in [3.05, 3.63) is 0 Å². The van der Waals surface area contributed by atoms with Gasteiger partial charge in [-0.1, -0.05) is 49.5 Å². The molecule has 0 aliphatic heterocycles. The molecule has 4 saturated carbocycles. The number of carbonyl (C=O) groups excluding carboxylic acids is 1. The van der Waals surface area contributed by atoms with Gasteiger partial charge < -0.3 is 5.11 Å². The number of carboxylic acid groups (broad SMARTS) is 1. The van der Waals surface area contributed by atoms with Gasteiger partial charge in [0.1, 0.15) is 0 Å². The molecule has 0 aromatic rings. The van der Waals surface area contributed by atoms with Gasteiger partial charge in [0.2, 0.25) is 0 Å². The first-order chi connectivity index (χ1) is 13.2. The highest BCUT2D eigenvalue weighted by atomic mass is 79.9. The molecule has 1 N–H and O–H groups in total. The number of carbonyl (C=O) groups is 2. The van der Waals surface area contributed by atoms with E-state index in [-0.39, 0.29) is 16.7 Å². The van der Waals surface area contributed by atoms with E-state index in [0.717, 1.165) is 18.8 Å². The predicted octanol–water partition coefficient (Wildman–Crippen LogP) is 6.09. The third kappa shape index (κ3) is 2.94. The molecule has 9 atom stereocenters. The highest BCUT2D eigenvalue weighted by Gasteiger charge is 2.66. The zero-order chi connectivity index (χ0) is 20.3. The Morgan fingerprint density at radius 1 is 1.18 bits per heavy atom. The van der Waals surface area contributed by atoms with Crippen molar-refractivity contribution < 1.29 is 14.7 Å². The summed E-state index contributed by atoms with van der Waals surface area (Å²) < 4.78 is 0. The second-order valence-electron chi connectivity index (χ2n) is 11.0. The van der Waals surface area contributed by atoms with Crippen LogP contribution < -0.4 is 0 Å². The van der Waals surface area contributed by atoms with Crippen LogP contribution in [-0.4, -0.2) is 21.7 Å². The van der Waals surface area contributed by atoms with Crippen molar-refractivity contribution in [2.24, 2.45) is 46.3 Å². The number of halogens is 1. The first-order valence-corrected chi connectivity index (χ1v) is 12.5. The van der Waals surface area contributed by atoms with Crippen molar-refractivity contribution in [3.63, 3.8) is 0 Å². The molecule has 0 amide bonds. The SMILES string of the molecule is C[C@H](CCC(=O)O)[C@@H]1CC[C@@H]2[C@@H]3CC[C@@H]4CCCC[C@]4(C)[C@H]3[C@H](Br)C(=O)[C@]21C. The third-order valence-electron chi connectivity index (χ3n) is 9.97. The van der Waals surface area contributed by atoms with E-state index in [4.69, 9.17) is 5.11 Å². The summed E-state index contributed by atoms with van der Waals surface area (Å²) in [5.41, 5.74) is 0.0461. The van der Waals surface area contributed by atoms with Crippen LogP contribution in [-0.2, 0) is 9.59 Å². The number of carboxylic acids is 1. The van der Waals surface area contributed by atoms with E-state index in [1.165, 1.54) is 38.5 Å². The van der Waals surface area contributed by atoms with E-state index >= 15 is 0 Å². The molecular weight excluding hydrogens is 416 g/mol. The number of ketones is 1. The minimum atomic E-state index is -0.719. The van der Waals surface area contributed by atoms with Gasteiger partial charge in [0.25, 0.3) is 0 Å².